The molecule has 0 bridgehead atoms. The number of hydrogen-bond acceptors (Lipinski definition) is 4. The number of nitrogens with two attached hydrogens (primary N) is 1. The van der Waals surface area contributed by atoms with E-state index in [0.717, 1.165) is 17.5 Å². The van der Waals surface area contributed by atoms with Crippen molar-refractivity contribution >= 4 is 15.8 Å². The first-order valence-electron chi connectivity index (χ1n) is 8.62. The predicted octanol–water partition coefficient (Wildman–Crippen LogP) is 2.53. The van der Waals surface area contributed by atoms with Crippen molar-refractivity contribution in [2.75, 3.05) is 6.54 Å². The zero-order chi connectivity index (χ0) is 19.1. The number of aryl methyl sites for hydroxylation is 2. The molecule has 1 fully saturated rings. The topological polar surface area (TPSA) is 97.5 Å². The number of carbonyl (C=O) groups is 1. The fourth-order valence-electron chi connectivity index (χ4n) is 3.75. The van der Waals surface area contributed by atoms with Crippen LogP contribution in [-0.2, 0) is 21.1 Å². The van der Waals surface area contributed by atoms with Crippen molar-refractivity contribution in [2.45, 2.75) is 36.3 Å². The maximum absolute atomic E-state index is 13.2. The third kappa shape index (κ3) is 2.73. The Morgan fingerprint density at radius 1 is 1.12 bits per heavy atom. The summed E-state index contributed by atoms with van der Waals surface area (Å²) >= 11 is 0. The molecule has 2 aromatic carbocycles. The summed E-state index contributed by atoms with van der Waals surface area (Å²) in [5.74, 6) is -1.81. The van der Waals surface area contributed by atoms with Gasteiger partial charge in [-0.15, -0.1) is 0 Å². The zero-order valence-electron chi connectivity index (χ0n) is 14.8. The van der Waals surface area contributed by atoms with Crippen LogP contribution in [0.3, 0.4) is 0 Å². The van der Waals surface area contributed by atoms with Crippen LogP contribution < -0.4 is 5.73 Å². The second-order valence-corrected chi connectivity index (χ2v) is 8.97. The van der Waals surface area contributed by atoms with E-state index in [9.17, 15) is 18.3 Å². The average molecular weight is 373 g/mol. The molecule has 0 radical (unpaired) electrons. The van der Waals surface area contributed by atoms with Crippen molar-refractivity contribution in [3.05, 3.63) is 65.2 Å². The lowest BCUT2D eigenvalue weighted by Gasteiger charge is -2.10. The second kappa shape index (κ2) is 6.52. The van der Waals surface area contributed by atoms with Crippen LogP contribution in [0.4, 0.5) is 0 Å². The van der Waals surface area contributed by atoms with Crippen molar-refractivity contribution in [3.8, 4) is 0 Å². The Hall–Kier alpha value is -2.18. The highest BCUT2D eigenvalue weighted by Gasteiger charge is 2.75. The van der Waals surface area contributed by atoms with Crippen LogP contribution in [0.1, 0.15) is 29.5 Å². The lowest BCUT2D eigenvalue weighted by molar-refractivity contribution is -0.143. The Balaban J connectivity index is 2.08. The number of rotatable bonds is 6. The van der Waals surface area contributed by atoms with Gasteiger partial charge in [-0.05, 0) is 36.6 Å². The standard InChI is InChI=1S/C20H23NO4S/c1-3-14-6-8-15(9-7-14)17-18(20(17,12-21)19(22)23)26(24,25)16-10-4-13(2)5-11-16/h4-11,17-18H,3,12,21H2,1-2H3,(H,22,23)/t17-,18+,20-/m0/s1. The molecule has 0 unspecified atom stereocenters. The van der Waals surface area contributed by atoms with Crippen LogP contribution in [-0.4, -0.2) is 31.3 Å². The lowest BCUT2D eigenvalue weighted by atomic mass is 9.98. The summed E-state index contributed by atoms with van der Waals surface area (Å²) in [6, 6.07) is 13.9. The first-order chi connectivity index (χ1) is 12.3. The number of carboxylic acids is 1. The van der Waals surface area contributed by atoms with Crippen molar-refractivity contribution < 1.29 is 18.3 Å². The molecule has 1 aliphatic carbocycles. The Bertz CT molecular complexity index is 919. The van der Waals surface area contributed by atoms with E-state index in [0.29, 0.717) is 5.56 Å². The lowest BCUT2D eigenvalue weighted by Crippen LogP contribution is -2.31. The molecule has 1 aliphatic rings. The molecule has 6 heteroatoms. The third-order valence-electron chi connectivity index (χ3n) is 5.42. The first-order valence-corrected chi connectivity index (χ1v) is 10.2. The van der Waals surface area contributed by atoms with E-state index in [2.05, 4.69) is 0 Å². The summed E-state index contributed by atoms with van der Waals surface area (Å²) in [7, 11) is -3.82. The van der Waals surface area contributed by atoms with Crippen molar-refractivity contribution in [1.82, 2.24) is 0 Å². The third-order valence-corrected chi connectivity index (χ3v) is 7.71. The van der Waals surface area contributed by atoms with Crippen molar-refractivity contribution in [1.29, 1.82) is 0 Å². The molecule has 5 nitrogen and oxygen atoms in total. The van der Waals surface area contributed by atoms with E-state index < -0.39 is 32.4 Å². The summed E-state index contributed by atoms with van der Waals surface area (Å²) < 4.78 is 26.3. The summed E-state index contributed by atoms with van der Waals surface area (Å²) in [6.07, 6.45) is 0.858. The summed E-state index contributed by atoms with van der Waals surface area (Å²) in [5, 5.41) is 8.75. The molecule has 3 N–H and O–H groups in total. The van der Waals surface area contributed by atoms with Gasteiger partial charge in [0.15, 0.2) is 9.84 Å². The van der Waals surface area contributed by atoms with E-state index in [4.69, 9.17) is 5.73 Å². The van der Waals surface area contributed by atoms with E-state index in [1.54, 1.807) is 12.1 Å². The largest absolute Gasteiger partial charge is 0.481 e. The molecule has 0 amide bonds. The number of benzene rings is 2. The Morgan fingerprint density at radius 2 is 1.69 bits per heavy atom. The maximum atomic E-state index is 13.2. The maximum Gasteiger partial charge on any atom is 0.312 e. The Labute approximate surface area is 153 Å². The van der Waals surface area contributed by atoms with Gasteiger partial charge in [0.25, 0.3) is 0 Å². The first kappa shape index (κ1) is 18.6. The summed E-state index contributed by atoms with van der Waals surface area (Å²) in [5.41, 5.74) is 7.06. The quantitative estimate of drug-likeness (QED) is 0.811. The zero-order valence-corrected chi connectivity index (χ0v) is 15.7. The molecule has 3 rings (SSSR count). The van der Waals surface area contributed by atoms with E-state index in [1.165, 1.54) is 12.1 Å². The molecule has 0 heterocycles. The monoisotopic (exact) mass is 373 g/mol. The summed E-state index contributed by atoms with van der Waals surface area (Å²) in [4.78, 5) is 12.2. The molecular formula is C20H23NO4S. The van der Waals surface area contributed by atoms with E-state index in [-0.39, 0.29) is 11.4 Å². The van der Waals surface area contributed by atoms with Gasteiger partial charge in [0.05, 0.1) is 10.1 Å². The van der Waals surface area contributed by atoms with Gasteiger partial charge in [0.2, 0.25) is 0 Å². The highest BCUT2D eigenvalue weighted by atomic mass is 32.2. The molecule has 0 aromatic heterocycles. The molecule has 3 atom stereocenters. The number of hydrogen-bond donors (Lipinski definition) is 2. The summed E-state index contributed by atoms with van der Waals surface area (Å²) in [6.45, 7) is 3.67. The van der Waals surface area contributed by atoms with Gasteiger partial charge in [-0.1, -0.05) is 48.9 Å². The predicted molar refractivity (Wildman–Crippen MR) is 99.8 cm³/mol. The molecule has 1 saturated carbocycles. The fraction of sp³-hybridized carbons (Fsp3) is 0.350. The van der Waals surface area contributed by atoms with Gasteiger partial charge in [-0.3, -0.25) is 4.79 Å². The Morgan fingerprint density at radius 3 is 2.15 bits per heavy atom. The SMILES string of the molecule is CCc1ccc([C@H]2[C@@H](S(=O)(=O)c3ccc(C)cc3)[C@@]2(CN)C(=O)O)cc1. The minimum Gasteiger partial charge on any atom is -0.481 e. The van der Waals surface area contributed by atoms with Crippen LogP contribution in [0.15, 0.2) is 53.4 Å². The number of carboxylic acid groups (broad SMARTS) is 1. The fourth-order valence-corrected chi connectivity index (χ4v) is 6.14. The van der Waals surface area contributed by atoms with E-state index in [1.807, 2.05) is 38.1 Å². The molecule has 2 aromatic rings. The minimum absolute atomic E-state index is 0.139. The van der Waals surface area contributed by atoms with Gasteiger partial charge in [-0.25, -0.2) is 8.42 Å². The second-order valence-electron chi connectivity index (χ2n) is 6.90. The number of sulfone groups is 1. The van der Waals surface area contributed by atoms with Crippen LogP contribution in [0.5, 0.6) is 0 Å². The molecule has 26 heavy (non-hydrogen) atoms. The smallest absolute Gasteiger partial charge is 0.312 e. The van der Waals surface area contributed by atoms with Crippen LogP contribution in [0.2, 0.25) is 0 Å². The van der Waals surface area contributed by atoms with E-state index >= 15 is 0 Å². The van der Waals surface area contributed by atoms with Gasteiger partial charge in [0, 0.05) is 12.5 Å². The highest BCUT2D eigenvalue weighted by Crippen LogP contribution is 2.63. The molecule has 0 aliphatic heterocycles. The van der Waals surface area contributed by atoms with Crippen LogP contribution >= 0.6 is 0 Å². The van der Waals surface area contributed by atoms with Crippen molar-refractivity contribution in [2.24, 2.45) is 11.1 Å². The minimum atomic E-state index is -3.82. The highest BCUT2D eigenvalue weighted by molar-refractivity contribution is 7.92. The van der Waals surface area contributed by atoms with Crippen LogP contribution in [0, 0.1) is 12.3 Å². The van der Waals surface area contributed by atoms with Gasteiger partial charge in [0.1, 0.15) is 5.41 Å². The molecule has 0 spiro atoms. The molecule has 138 valence electrons. The van der Waals surface area contributed by atoms with Gasteiger partial charge in [-0.2, -0.15) is 0 Å². The van der Waals surface area contributed by atoms with Crippen molar-refractivity contribution in [3.63, 3.8) is 0 Å². The Kier molecular flexibility index (Phi) is 4.67. The molecule has 0 saturated heterocycles. The van der Waals surface area contributed by atoms with Gasteiger partial charge < -0.3 is 10.8 Å². The average Bonchev–Trinajstić information content (AvgIpc) is 3.34. The van der Waals surface area contributed by atoms with Gasteiger partial charge >= 0.3 is 5.97 Å². The normalized spacial score (nSPS) is 25.0. The molecular weight excluding hydrogens is 350 g/mol. The number of aliphatic carboxylic acids is 1. The van der Waals surface area contributed by atoms with Crippen LogP contribution in [0.25, 0.3) is 0 Å².